The first-order valence-corrected chi connectivity index (χ1v) is 8.04. The van der Waals surface area contributed by atoms with Gasteiger partial charge in [-0.2, -0.15) is 0 Å². The number of nitrogens with zero attached hydrogens (tertiary/aromatic N) is 2. The molecule has 0 unspecified atom stereocenters. The van der Waals surface area contributed by atoms with E-state index in [4.69, 9.17) is 16.1 Å². The van der Waals surface area contributed by atoms with Gasteiger partial charge in [-0.05, 0) is 12.1 Å². The summed E-state index contributed by atoms with van der Waals surface area (Å²) in [4.78, 5) is 14.4. The first kappa shape index (κ1) is 18.7. The minimum Gasteiger partial charge on any atom is -0.355 e. The number of piperazine rings is 1. The van der Waals surface area contributed by atoms with Gasteiger partial charge in [0.25, 0.3) is 5.91 Å². The monoisotopic (exact) mass is 370 g/mol. The van der Waals surface area contributed by atoms with Gasteiger partial charge in [-0.3, -0.25) is 9.69 Å². The predicted octanol–water partition coefficient (Wildman–Crippen LogP) is 2.05. The van der Waals surface area contributed by atoms with Gasteiger partial charge in [-0.1, -0.05) is 28.9 Å². The molecule has 0 radical (unpaired) electrons. The van der Waals surface area contributed by atoms with Crippen molar-refractivity contribution in [1.29, 1.82) is 0 Å². The van der Waals surface area contributed by atoms with Crippen LogP contribution in [0.25, 0.3) is 11.3 Å². The van der Waals surface area contributed by atoms with Crippen molar-refractivity contribution in [1.82, 2.24) is 20.7 Å². The maximum atomic E-state index is 12.1. The molecule has 0 saturated carbocycles. The van der Waals surface area contributed by atoms with E-state index in [9.17, 15) is 4.79 Å². The fraction of sp³-hybridized carbons (Fsp3) is 0.375. The molecule has 1 aliphatic rings. The highest BCUT2D eigenvalue weighted by atomic mass is 35.5. The summed E-state index contributed by atoms with van der Waals surface area (Å²) in [5.74, 6) is 0.303. The Hall–Kier alpha value is -1.60. The maximum absolute atomic E-state index is 12.1. The molecule has 0 spiro atoms. The molecule has 0 bridgehead atoms. The van der Waals surface area contributed by atoms with E-state index in [-0.39, 0.29) is 24.0 Å². The Morgan fingerprint density at radius 3 is 2.88 bits per heavy atom. The minimum absolute atomic E-state index is 0. The lowest BCUT2D eigenvalue weighted by Gasteiger charge is -2.26. The number of halogens is 2. The summed E-state index contributed by atoms with van der Waals surface area (Å²) < 4.78 is 5.23. The van der Waals surface area contributed by atoms with Crippen LogP contribution in [-0.2, 0) is 0 Å². The average molecular weight is 371 g/mol. The summed E-state index contributed by atoms with van der Waals surface area (Å²) in [7, 11) is 0. The van der Waals surface area contributed by atoms with Crippen molar-refractivity contribution in [2.24, 2.45) is 0 Å². The van der Waals surface area contributed by atoms with Crippen LogP contribution in [0.15, 0.2) is 34.9 Å². The molecule has 8 heteroatoms. The highest BCUT2D eigenvalue weighted by molar-refractivity contribution is 6.30. The van der Waals surface area contributed by atoms with Crippen molar-refractivity contribution in [3.05, 3.63) is 41.0 Å². The van der Waals surface area contributed by atoms with Gasteiger partial charge in [0.2, 0.25) is 0 Å². The van der Waals surface area contributed by atoms with Crippen LogP contribution in [0.5, 0.6) is 0 Å². The van der Waals surface area contributed by atoms with E-state index in [0.29, 0.717) is 17.3 Å². The third-order valence-corrected chi connectivity index (χ3v) is 4.01. The molecule has 1 aromatic carbocycles. The van der Waals surface area contributed by atoms with Gasteiger partial charge in [-0.25, -0.2) is 0 Å². The van der Waals surface area contributed by atoms with Crippen molar-refractivity contribution in [3.8, 4) is 11.3 Å². The van der Waals surface area contributed by atoms with E-state index >= 15 is 0 Å². The van der Waals surface area contributed by atoms with Crippen molar-refractivity contribution in [3.63, 3.8) is 0 Å². The molecule has 6 nitrogen and oxygen atoms in total. The van der Waals surface area contributed by atoms with Gasteiger partial charge >= 0.3 is 0 Å². The number of hydrogen-bond acceptors (Lipinski definition) is 5. The van der Waals surface area contributed by atoms with Crippen LogP contribution in [0.1, 0.15) is 10.5 Å². The number of benzene rings is 1. The van der Waals surface area contributed by atoms with Gasteiger partial charge in [0.05, 0.1) is 0 Å². The first-order valence-electron chi connectivity index (χ1n) is 7.66. The van der Waals surface area contributed by atoms with Crippen LogP contribution in [0.3, 0.4) is 0 Å². The van der Waals surface area contributed by atoms with E-state index in [1.165, 1.54) is 0 Å². The van der Waals surface area contributed by atoms with E-state index in [0.717, 1.165) is 38.3 Å². The number of nitrogens with one attached hydrogen (secondary N) is 2. The third kappa shape index (κ3) is 4.95. The second-order valence-corrected chi connectivity index (χ2v) is 5.87. The number of aromatic nitrogens is 1. The number of carbonyl (C=O) groups excluding carboxylic acids is 1. The minimum atomic E-state index is -0.225. The third-order valence-electron chi connectivity index (χ3n) is 3.78. The topological polar surface area (TPSA) is 70.4 Å². The fourth-order valence-corrected chi connectivity index (χ4v) is 2.70. The smallest absolute Gasteiger partial charge is 0.273 e. The zero-order chi connectivity index (χ0) is 16.1. The van der Waals surface area contributed by atoms with Crippen molar-refractivity contribution in [2.45, 2.75) is 0 Å². The first-order chi connectivity index (χ1) is 11.2. The predicted molar refractivity (Wildman–Crippen MR) is 95.8 cm³/mol. The van der Waals surface area contributed by atoms with E-state index < -0.39 is 0 Å². The Balaban J connectivity index is 0.00000208. The van der Waals surface area contributed by atoms with Gasteiger partial charge in [0, 0.05) is 55.9 Å². The summed E-state index contributed by atoms with van der Waals surface area (Å²) in [6, 6.07) is 8.87. The molecule has 0 atom stereocenters. The summed E-state index contributed by atoms with van der Waals surface area (Å²) >= 11 is 5.96. The zero-order valence-electron chi connectivity index (χ0n) is 13.1. The normalized spacial score (nSPS) is 14.9. The van der Waals surface area contributed by atoms with E-state index in [2.05, 4.69) is 20.7 Å². The molecule has 130 valence electrons. The van der Waals surface area contributed by atoms with Crippen LogP contribution in [0.4, 0.5) is 0 Å². The van der Waals surface area contributed by atoms with Crippen molar-refractivity contribution < 1.29 is 9.32 Å². The molecule has 2 N–H and O–H groups in total. The molecule has 3 rings (SSSR count). The summed E-state index contributed by atoms with van der Waals surface area (Å²) in [6.45, 7) is 5.46. The average Bonchev–Trinajstić information content (AvgIpc) is 3.06. The van der Waals surface area contributed by atoms with Crippen LogP contribution in [0, 0.1) is 0 Å². The fourth-order valence-electron chi connectivity index (χ4n) is 2.51. The van der Waals surface area contributed by atoms with Gasteiger partial charge in [0.15, 0.2) is 11.5 Å². The highest BCUT2D eigenvalue weighted by Crippen LogP contribution is 2.23. The molecule has 1 aliphatic heterocycles. The summed E-state index contributed by atoms with van der Waals surface area (Å²) in [6.07, 6.45) is 0. The van der Waals surface area contributed by atoms with Gasteiger partial charge < -0.3 is 15.2 Å². The molecular formula is C16H20Cl2N4O2. The Labute approximate surface area is 151 Å². The lowest BCUT2D eigenvalue weighted by molar-refractivity contribution is 0.0938. The SMILES string of the molecule is Cl.O=C(NCCN1CCNCC1)c1cc(-c2cccc(Cl)c2)on1. The molecular weight excluding hydrogens is 351 g/mol. The Morgan fingerprint density at radius 1 is 1.33 bits per heavy atom. The van der Waals surface area contributed by atoms with Crippen molar-refractivity contribution >= 4 is 29.9 Å². The zero-order valence-corrected chi connectivity index (χ0v) is 14.7. The van der Waals surface area contributed by atoms with E-state index in [1.54, 1.807) is 18.2 Å². The molecule has 2 heterocycles. The Bertz CT molecular complexity index is 672. The van der Waals surface area contributed by atoms with Crippen LogP contribution in [-0.4, -0.2) is 55.2 Å². The second kappa shape index (κ2) is 9.03. The van der Waals surface area contributed by atoms with E-state index in [1.807, 2.05) is 12.1 Å². The maximum Gasteiger partial charge on any atom is 0.273 e. The largest absolute Gasteiger partial charge is 0.355 e. The molecule has 2 aromatic rings. The van der Waals surface area contributed by atoms with Crippen LogP contribution >= 0.6 is 24.0 Å². The molecule has 1 amide bonds. The number of rotatable bonds is 5. The highest BCUT2D eigenvalue weighted by Gasteiger charge is 2.14. The Kier molecular flexibility index (Phi) is 7.05. The number of carbonyl (C=O) groups is 1. The number of hydrogen-bond donors (Lipinski definition) is 2. The van der Waals surface area contributed by atoms with Gasteiger partial charge in [0.1, 0.15) is 0 Å². The lowest BCUT2D eigenvalue weighted by atomic mass is 10.1. The molecule has 1 fully saturated rings. The van der Waals surface area contributed by atoms with Crippen molar-refractivity contribution in [2.75, 3.05) is 39.3 Å². The molecule has 24 heavy (non-hydrogen) atoms. The quantitative estimate of drug-likeness (QED) is 0.842. The Morgan fingerprint density at radius 2 is 2.12 bits per heavy atom. The molecule has 1 aromatic heterocycles. The lowest BCUT2D eigenvalue weighted by Crippen LogP contribution is -2.46. The van der Waals surface area contributed by atoms with Gasteiger partial charge in [-0.15, -0.1) is 12.4 Å². The van der Waals surface area contributed by atoms with Crippen LogP contribution in [0.2, 0.25) is 5.02 Å². The standard InChI is InChI=1S/C16H19ClN4O2.ClH/c17-13-3-1-2-12(10-13)15-11-14(20-23-15)16(22)19-6-9-21-7-4-18-5-8-21;/h1-3,10-11,18H,4-9H2,(H,19,22);1H. The summed E-state index contributed by atoms with van der Waals surface area (Å²) in [5, 5.41) is 10.6. The summed E-state index contributed by atoms with van der Waals surface area (Å²) in [5.41, 5.74) is 1.07. The molecule has 1 saturated heterocycles. The van der Waals surface area contributed by atoms with Crippen LogP contribution < -0.4 is 10.6 Å². The second-order valence-electron chi connectivity index (χ2n) is 5.43. The molecule has 0 aliphatic carbocycles. The number of amides is 1.